The van der Waals surface area contributed by atoms with Gasteiger partial charge in [0.1, 0.15) is 16.5 Å². The van der Waals surface area contributed by atoms with Crippen molar-refractivity contribution in [3.63, 3.8) is 0 Å². The lowest BCUT2D eigenvalue weighted by molar-refractivity contribution is 0.102. The number of hydrogen-bond donors (Lipinski definition) is 1. The molecule has 3 aromatic rings. The van der Waals surface area contributed by atoms with E-state index in [2.05, 4.69) is 15.3 Å². The molecule has 0 fully saturated rings. The summed E-state index contributed by atoms with van der Waals surface area (Å²) in [7, 11) is 0. The second-order valence-electron chi connectivity index (χ2n) is 4.53. The van der Waals surface area contributed by atoms with Crippen LogP contribution in [0.25, 0.3) is 10.6 Å². The minimum Gasteiger partial charge on any atom is -0.305 e. The van der Waals surface area contributed by atoms with Crippen LogP contribution in [-0.4, -0.2) is 15.9 Å². The lowest BCUT2D eigenvalue weighted by Crippen LogP contribution is -2.14. The molecule has 0 saturated carbocycles. The van der Waals surface area contributed by atoms with Crippen molar-refractivity contribution in [2.24, 2.45) is 0 Å². The SMILES string of the molecule is Cc1cccnc1NC(=O)c1csc(-c2ccccc2)n1. The number of amides is 1. The fourth-order valence-electron chi connectivity index (χ4n) is 1.88. The van der Waals surface area contributed by atoms with Crippen molar-refractivity contribution in [2.45, 2.75) is 6.92 Å². The molecule has 1 N–H and O–H groups in total. The van der Waals surface area contributed by atoms with E-state index in [0.717, 1.165) is 16.1 Å². The van der Waals surface area contributed by atoms with E-state index < -0.39 is 0 Å². The van der Waals surface area contributed by atoms with Gasteiger partial charge in [-0.3, -0.25) is 4.79 Å². The summed E-state index contributed by atoms with van der Waals surface area (Å²) in [6.45, 7) is 1.90. The number of benzene rings is 1. The van der Waals surface area contributed by atoms with E-state index in [4.69, 9.17) is 0 Å². The number of nitrogens with zero attached hydrogens (tertiary/aromatic N) is 2. The molecule has 0 unspecified atom stereocenters. The largest absolute Gasteiger partial charge is 0.305 e. The monoisotopic (exact) mass is 295 g/mol. The van der Waals surface area contributed by atoms with Gasteiger partial charge >= 0.3 is 0 Å². The van der Waals surface area contributed by atoms with Crippen molar-refractivity contribution in [1.82, 2.24) is 9.97 Å². The Labute approximate surface area is 126 Å². The first kappa shape index (κ1) is 13.5. The third kappa shape index (κ3) is 2.98. The highest BCUT2D eigenvalue weighted by Crippen LogP contribution is 2.23. The standard InChI is InChI=1S/C16H13N3OS/c1-11-6-5-9-17-14(11)19-15(20)13-10-21-16(18-13)12-7-3-2-4-8-12/h2-10H,1H3,(H,17,19,20). The van der Waals surface area contributed by atoms with Crippen LogP contribution in [0, 0.1) is 6.92 Å². The molecule has 0 aliphatic rings. The number of nitrogens with one attached hydrogen (secondary N) is 1. The Morgan fingerprint density at radius 1 is 1.14 bits per heavy atom. The molecule has 0 bridgehead atoms. The molecule has 1 aromatic carbocycles. The van der Waals surface area contributed by atoms with E-state index in [0.29, 0.717) is 11.5 Å². The molecule has 0 atom stereocenters. The van der Waals surface area contributed by atoms with Crippen LogP contribution in [0.2, 0.25) is 0 Å². The van der Waals surface area contributed by atoms with E-state index in [1.807, 2.05) is 49.4 Å². The van der Waals surface area contributed by atoms with Gasteiger partial charge < -0.3 is 5.32 Å². The molecule has 0 radical (unpaired) electrons. The van der Waals surface area contributed by atoms with Crippen LogP contribution >= 0.6 is 11.3 Å². The van der Waals surface area contributed by atoms with E-state index in [-0.39, 0.29) is 5.91 Å². The van der Waals surface area contributed by atoms with E-state index >= 15 is 0 Å². The maximum Gasteiger partial charge on any atom is 0.276 e. The van der Waals surface area contributed by atoms with Gasteiger partial charge in [-0.1, -0.05) is 36.4 Å². The fourth-order valence-corrected chi connectivity index (χ4v) is 2.69. The second kappa shape index (κ2) is 5.85. The number of carbonyl (C=O) groups excluding carboxylic acids is 1. The maximum atomic E-state index is 12.2. The highest BCUT2D eigenvalue weighted by atomic mass is 32.1. The van der Waals surface area contributed by atoms with Crippen molar-refractivity contribution in [2.75, 3.05) is 5.32 Å². The second-order valence-corrected chi connectivity index (χ2v) is 5.39. The van der Waals surface area contributed by atoms with Crippen molar-refractivity contribution < 1.29 is 4.79 Å². The van der Waals surface area contributed by atoms with Crippen LogP contribution in [0.15, 0.2) is 54.0 Å². The molecule has 0 saturated heterocycles. The molecule has 5 heteroatoms. The molecule has 2 aromatic heterocycles. The molecule has 2 heterocycles. The fraction of sp³-hybridized carbons (Fsp3) is 0.0625. The Balaban J connectivity index is 1.80. The predicted octanol–water partition coefficient (Wildman–Crippen LogP) is 3.77. The summed E-state index contributed by atoms with van der Waals surface area (Å²) in [6, 6.07) is 13.5. The molecule has 4 nitrogen and oxygen atoms in total. The van der Waals surface area contributed by atoms with E-state index in [1.165, 1.54) is 11.3 Å². The Kier molecular flexibility index (Phi) is 3.75. The summed E-state index contributed by atoms with van der Waals surface area (Å²) < 4.78 is 0. The van der Waals surface area contributed by atoms with Gasteiger partial charge in [-0.05, 0) is 18.6 Å². The van der Waals surface area contributed by atoms with E-state index in [9.17, 15) is 4.79 Å². The van der Waals surface area contributed by atoms with Crippen molar-refractivity contribution in [3.05, 3.63) is 65.3 Å². The van der Waals surface area contributed by atoms with Gasteiger partial charge in [-0.2, -0.15) is 0 Å². The lowest BCUT2D eigenvalue weighted by atomic mass is 10.2. The number of rotatable bonds is 3. The number of thiazole rings is 1. The van der Waals surface area contributed by atoms with Crippen molar-refractivity contribution in [1.29, 1.82) is 0 Å². The topological polar surface area (TPSA) is 54.9 Å². The lowest BCUT2D eigenvalue weighted by Gasteiger charge is -2.04. The molecule has 0 aliphatic carbocycles. The van der Waals surface area contributed by atoms with Gasteiger partial charge in [0.15, 0.2) is 0 Å². The van der Waals surface area contributed by atoms with Gasteiger partial charge in [0.2, 0.25) is 0 Å². The normalized spacial score (nSPS) is 10.3. The van der Waals surface area contributed by atoms with Crippen LogP contribution in [0.5, 0.6) is 0 Å². The summed E-state index contributed by atoms with van der Waals surface area (Å²) in [4.78, 5) is 20.7. The van der Waals surface area contributed by atoms with Gasteiger partial charge in [0.25, 0.3) is 5.91 Å². The van der Waals surface area contributed by atoms with Gasteiger partial charge in [0.05, 0.1) is 0 Å². The Morgan fingerprint density at radius 3 is 2.71 bits per heavy atom. The number of carbonyl (C=O) groups is 1. The summed E-state index contributed by atoms with van der Waals surface area (Å²) in [6.07, 6.45) is 1.65. The number of hydrogen-bond acceptors (Lipinski definition) is 4. The van der Waals surface area contributed by atoms with Crippen molar-refractivity contribution in [3.8, 4) is 10.6 Å². The maximum absolute atomic E-state index is 12.2. The zero-order chi connectivity index (χ0) is 14.7. The minimum atomic E-state index is -0.241. The zero-order valence-corrected chi connectivity index (χ0v) is 12.2. The average molecular weight is 295 g/mol. The number of pyridine rings is 1. The number of aromatic nitrogens is 2. The molecule has 21 heavy (non-hydrogen) atoms. The van der Waals surface area contributed by atoms with Crippen molar-refractivity contribution >= 4 is 23.1 Å². The first-order valence-corrected chi connectivity index (χ1v) is 7.36. The first-order chi connectivity index (χ1) is 10.2. The summed E-state index contributed by atoms with van der Waals surface area (Å²) in [5.74, 6) is 0.326. The number of aryl methyl sites for hydroxylation is 1. The Bertz CT molecular complexity index is 768. The van der Waals surface area contributed by atoms with E-state index in [1.54, 1.807) is 11.6 Å². The van der Waals surface area contributed by atoms with Crippen LogP contribution in [0.3, 0.4) is 0 Å². The highest BCUT2D eigenvalue weighted by Gasteiger charge is 2.13. The Hall–Kier alpha value is -2.53. The molecule has 0 spiro atoms. The summed E-state index contributed by atoms with van der Waals surface area (Å²) >= 11 is 1.45. The van der Waals surface area contributed by atoms with Crippen LogP contribution in [0.1, 0.15) is 16.1 Å². The first-order valence-electron chi connectivity index (χ1n) is 6.48. The zero-order valence-electron chi connectivity index (χ0n) is 11.4. The summed E-state index contributed by atoms with van der Waals surface area (Å²) in [5, 5.41) is 5.38. The highest BCUT2D eigenvalue weighted by molar-refractivity contribution is 7.13. The molecule has 0 aliphatic heterocycles. The molecule has 3 rings (SSSR count). The Morgan fingerprint density at radius 2 is 1.95 bits per heavy atom. The summed E-state index contributed by atoms with van der Waals surface area (Å²) in [5.41, 5.74) is 2.34. The number of anilines is 1. The predicted molar refractivity (Wildman–Crippen MR) is 84.5 cm³/mol. The van der Waals surface area contributed by atoms with Gasteiger partial charge in [-0.25, -0.2) is 9.97 Å². The third-order valence-electron chi connectivity index (χ3n) is 3.00. The van der Waals surface area contributed by atoms with Crippen LogP contribution < -0.4 is 5.32 Å². The third-order valence-corrected chi connectivity index (χ3v) is 3.89. The quantitative estimate of drug-likeness (QED) is 0.800. The van der Waals surface area contributed by atoms with Gasteiger partial charge in [0, 0.05) is 17.1 Å². The molecule has 104 valence electrons. The van der Waals surface area contributed by atoms with Crippen LogP contribution in [0.4, 0.5) is 5.82 Å². The average Bonchev–Trinajstić information content (AvgIpc) is 3.00. The molecular weight excluding hydrogens is 282 g/mol. The molecular formula is C16H13N3OS. The van der Waals surface area contributed by atoms with Crippen LogP contribution in [-0.2, 0) is 0 Å². The van der Waals surface area contributed by atoms with Gasteiger partial charge in [-0.15, -0.1) is 11.3 Å². The smallest absolute Gasteiger partial charge is 0.276 e. The molecule has 1 amide bonds. The minimum absolute atomic E-state index is 0.241.